The molecule has 1 amide bonds. The van der Waals surface area contributed by atoms with Gasteiger partial charge >= 0.3 is 10.4 Å². The molecule has 0 aromatic heterocycles. The van der Waals surface area contributed by atoms with Crippen LogP contribution in [0, 0.1) is 0 Å². The van der Waals surface area contributed by atoms with Crippen LogP contribution in [-0.4, -0.2) is 57.7 Å². The van der Waals surface area contributed by atoms with E-state index in [0.29, 0.717) is 5.69 Å². The van der Waals surface area contributed by atoms with Gasteiger partial charge in [-0.1, -0.05) is 18.2 Å². The first-order valence-electron chi connectivity index (χ1n) is 9.99. The first kappa shape index (κ1) is 28.1. The lowest BCUT2D eigenvalue weighted by Crippen LogP contribution is -2.18. The van der Waals surface area contributed by atoms with Crippen molar-refractivity contribution in [1.82, 2.24) is 0 Å². The number of sulfone groups is 1. The fourth-order valence-electron chi connectivity index (χ4n) is 3.26. The number of hydrogen-bond donors (Lipinski definition) is 4. The highest BCUT2D eigenvalue weighted by Crippen LogP contribution is 2.44. The van der Waals surface area contributed by atoms with Crippen molar-refractivity contribution < 1.29 is 48.4 Å². The van der Waals surface area contributed by atoms with Crippen LogP contribution in [0.4, 0.5) is 17.1 Å². The largest absolute Gasteiger partial charge is 0.506 e. The Morgan fingerprint density at radius 2 is 1.62 bits per heavy atom. The summed E-state index contributed by atoms with van der Waals surface area (Å²) < 4.78 is 94.0. The van der Waals surface area contributed by atoms with Crippen molar-refractivity contribution in [3.63, 3.8) is 0 Å². The summed E-state index contributed by atoms with van der Waals surface area (Å²) in [6, 6.07) is 11.4. The third-order valence-corrected chi connectivity index (χ3v) is 7.84. The number of amides is 1. The van der Waals surface area contributed by atoms with Crippen LogP contribution in [0.5, 0.6) is 5.75 Å². The van der Waals surface area contributed by atoms with E-state index < -0.39 is 64.2 Å². The van der Waals surface area contributed by atoms with Crippen molar-refractivity contribution in [1.29, 1.82) is 0 Å². The number of aromatic hydroxyl groups is 1. The van der Waals surface area contributed by atoms with E-state index in [4.69, 9.17) is 4.55 Å². The number of azo groups is 1. The Morgan fingerprint density at radius 1 is 0.973 bits per heavy atom. The zero-order chi connectivity index (χ0) is 27.6. The Hall–Kier alpha value is -3.48. The third kappa shape index (κ3) is 7.06. The van der Waals surface area contributed by atoms with Crippen molar-refractivity contribution in [3.05, 3.63) is 48.5 Å². The highest BCUT2D eigenvalue weighted by molar-refractivity contribution is 7.93. The van der Waals surface area contributed by atoms with Crippen molar-refractivity contribution in [2.45, 2.75) is 16.7 Å². The molecule has 37 heavy (non-hydrogen) atoms. The van der Waals surface area contributed by atoms with Crippen LogP contribution in [0.25, 0.3) is 10.8 Å². The van der Waals surface area contributed by atoms with Crippen molar-refractivity contribution in [3.8, 4) is 5.75 Å². The average Bonchev–Trinajstić information content (AvgIpc) is 2.75. The van der Waals surface area contributed by atoms with Gasteiger partial charge in [0, 0.05) is 12.6 Å². The molecular weight excluding hydrogens is 554 g/mol. The maximum atomic E-state index is 13.0. The lowest BCUT2D eigenvalue weighted by molar-refractivity contribution is -0.114. The molecule has 0 unspecified atom stereocenters. The Morgan fingerprint density at radius 3 is 2.19 bits per heavy atom. The van der Waals surface area contributed by atoms with E-state index in [-0.39, 0.29) is 22.1 Å². The first-order chi connectivity index (χ1) is 17.1. The van der Waals surface area contributed by atoms with E-state index in [0.717, 1.165) is 6.07 Å². The topological polar surface area (TPSA) is 226 Å². The Bertz CT molecular complexity index is 1720. The minimum atomic E-state index is -5.28. The van der Waals surface area contributed by atoms with Gasteiger partial charge in [0.2, 0.25) is 5.91 Å². The van der Waals surface area contributed by atoms with Crippen LogP contribution in [0.15, 0.2) is 68.6 Å². The smallest absolute Gasteiger partial charge is 0.397 e. The van der Waals surface area contributed by atoms with Crippen LogP contribution < -0.4 is 5.32 Å². The van der Waals surface area contributed by atoms with Gasteiger partial charge < -0.3 is 10.4 Å². The first-order valence-corrected chi connectivity index (χ1v) is 14.4. The molecule has 0 spiro atoms. The second-order valence-corrected chi connectivity index (χ2v) is 11.9. The summed E-state index contributed by atoms with van der Waals surface area (Å²) >= 11 is 0. The number of rotatable bonds is 9. The zero-order valence-corrected chi connectivity index (χ0v) is 21.2. The number of phenols is 1. The van der Waals surface area contributed by atoms with Gasteiger partial charge in [-0.3, -0.25) is 13.9 Å². The van der Waals surface area contributed by atoms with Crippen molar-refractivity contribution in [2.24, 2.45) is 10.2 Å². The number of benzene rings is 3. The van der Waals surface area contributed by atoms with Gasteiger partial charge in [-0.05, 0) is 35.7 Å². The molecule has 3 aromatic rings. The summed E-state index contributed by atoms with van der Waals surface area (Å²) in [7, 11) is -15.2. The summed E-state index contributed by atoms with van der Waals surface area (Å²) in [6.45, 7) is 0.0619. The maximum Gasteiger partial charge on any atom is 0.397 e. The summed E-state index contributed by atoms with van der Waals surface area (Å²) in [6.07, 6.45) is 0. The summed E-state index contributed by atoms with van der Waals surface area (Å²) in [5, 5.41) is 21.0. The predicted molar refractivity (Wildman–Crippen MR) is 130 cm³/mol. The number of nitrogens with one attached hydrogen (secondary N) is 1. The standard InChI is InChI=1S/C20H19N3O11S3/c1-12(24)21-15-9-13-10-17(36(28,29)30)20(35(26,27)8-7-34-37(31,32)33)19(25)18(13)16(11-15)23-22-14-5-3-2-4-6-14/h2-6,9-11,25H,7-8H2,1H3,(H,21,24)(H,28,29,30)(H,31,32,33). The molecular formula is C20H19N3O11S3. The van der Waals surface area contributed by atoms with Gasteiger partial charge in [-0.15, -0.1) is 5.11 Å². The van der Waals surface area contributed by atoms with Gasteiger partial charge in [0.25, 0.3) is 10.1 Å². The van der Waals surface area contributed by atoms with Crippen LogP contribution in [-0.2, 0) is 39.3 Å². The minimum absolute atomic E-state index is 0.0832. The number of nitrogens with zero attached hydrogens (tertiary/aromatic N) is 2. The maximum absolute atomic E-state index is 13.0. The molecule has 4 N–H and O–H groups in total. The van der Waals surface area contributed by atoms with E-state index in [1.165, 1.54) is 19.1 Å². The summed E-state index contributed by atoms with van der Waals surface area (Å²) in [5.41, 5.74) is 0.264. The van der Waals surface area contributed by atoms with Gasteiger partial charge in [0.1, 0.15) is 15.5 Å². The molecule has 0 aliphatic carbocycles. The molecule has 0 aliphatic rings. The second kappa shape index (κ2) is 10.5. The Labute approximate surface area is 211 Å². The average molecular weight is 574 g/mol. The van der Waals surface area contributed by atoms with E-state index in [1.807, 2.05) is 0 Å². The number of hydrogen-bond acceptors (Lipinski definition) is 11. The monoisotopic (exact) mass is 573 g/mol. The molecule has 198 valence electrons. The lowest BCUT2D eigenvalue weighted by Gasteiger charge is -2.15. The molecule has 0 atom stereocenters. The highest BCUT2D eigenvalue weighted by Gasteiger charge is 2.32. The van der Waals surface area contributed by atoms with E-state index in [2.05, 4.69) is 19.7 Å². The fraction of sp³-hybridized carbons (Fsp3) is 0.150. The van der Waals surface area contributed by atoms with Gasteiger partial charge in [-0.2, -0.15) is 21.9 Å². The summed E-state index contributed by atoms with van der Waals surface area (Å²) in [4.78, 5) is 9.10. The molecule has 14 nitrogen and oxygen atoms in total. The molecule has 0 saturated heterocycles. The van der Waals surface area contributed by atoms with Crippen LogP contribution in [0.1, 0.15) is 6.92 Å². The predicted octanol–water partition coefficient (Wildman–Crippen LogP) is 2.76. The van der Waals surface area contributed by atoms with Crippen molar-refractivity contribution >= 4 is 64.1 Å². The molecule has 0 fully saturated rings. The normalized spacial score (nSPS) is 12.7. The quantitative estimate of drug-likeness (QED) is 0.215. The molecule has 0 heterocycles. The number of anilines is 1. The second-order valence-electron chi connectivity index (χ2n) is 7.41. The lowest BCUT2D eigenvalue weighted by atomic mass is 10.1. The molecule has 0 aliphatic heterocycles. The van der Waals surface area contributed by atoms with Crippen LogP contribution in [0.2, 0.25) is 0 Å². The number of phenolic OH excluding ortho intramolecular Hbond substituents is 1. The summed E-state index contributed by atoms with van der Waals surface area (Å²) in [5.74, 6) is -2.87. The van der Waals surface area contributed by atoms with Crippen LogP contribution in [0.3, 0.4) is 0 Å². The Balaban J connectivity index is 2.33. The molecule has 0 radical (unpaired) electrons. The van der Waals surface area contributed by atoms with Crippen LogP contribution >= 0.6 is 0 Å². The number of carbonyl (C=O) groups is 1. The minimum Gasteiger partial charge on any atom is -0.506 e. The number of carbonyl (C=O) groups excluding carboxylic acids is 1. The van der Waals surface area contributed by atoms with Gasteiger partial charge in [0.15, 0.2) is 9.84 Å². The van der Waals surface area contributed by atoms with Crippen molar-refractivity contribution in [2.75, 3.05) is 17.7 Å². The molecule has 0 bridgehead atoms. The fourth-order valence-corrected chi connectivity index (χ4v) is 6.23. The molecule has 3 aromatic carbocycles. The highest BCUT2D eigenvalue weighted by atomic mass is 32.3. The van der Waals surface area contributed by atoms with Gasteiger partial charge in [-0.25, -0.2) is 12.6 Å². The van der Waals surface area contributed by atoms with E-state index in [9.17, 15) is 39.7 Å². The zero-order valence-electron chi connectivity index (χ0n) is 18.8. The molecule has 17 heteroatoms. The van der Waals surface area contributed by atoms with E-state index >= 15 is 0 Å². The third-order valence-electron chi connectivity index (χ3n) is 4.63. The number of fused-ring (bicyclic) bond motifs is 1. The SMILES string of the molecule is CC(=O)Nc1cc(N=Nc2ccccc2)c2c(O)c(S(=O)(=O)CCOS(=O)(=O)O)c(S(=O)(=O)O)cc2c1. The molecule has 0 saturated carbocycles. The van der Waals surface area contributed by atoms with Gasteiger partial charge in [0.05, 0.1) is 29.1 Å². The molecule has 3 rings (SSSR count). The Kier molecular flexibility index (Phi) is 7.96. The van der Waals surface area contributed by atoms with E-state index in [1.54, 1.807) is 30.3 Å².